The van der Waals surface area contributed by atoms with E-state index in [0.717, 1.165) is 15.0 Å². The molecule has 0 spiro atoms. The van der Waals surface area contributed by atoms with Gasteiger partial charge in [-0.25, -0.2) is 8.42 Å². The van der Waals surface area contributed by atoms with Crippen LogP contribution in [0.2, 0.25) is 10.0 Å². The highest BCUT2D eigenvalue weighted by atomic mass is 35.5. The van der Waals surface area contributed by atoms with E-state index in [2.05, 4.69) is 5.32 Å². The summed E-state index contributed by atoms with van der Waals surface area (Å²) < 4.78 is 27.8. The number of amides is 1. The van der Waals surface area contributed by atoms with Gasteiger partial charge in [0.2, 0.25) is 5.91 Å². The molecule has 1 N–H and O–H groups in total. The number of anilines is 2. The summed E-state index contributed by atoms with van der Waals surface area (Å²) in [7, 11) is -4.08. The Bertz CT molecular complexity index is 1170. The van der Waals surface area contributed by atoms with E-state index in [0.29, 0.717) is 5.69 Å². The van der Waals surface area contributed by atoms with Crippen LogP contribution in [0.15, 0.2) is 82.6 Å². The van der Waals surface area contributed by atoms with Crippen molar-refractivity contribution in [1.82, 2.24) is 0 Å². The predicted molar refractivity (Wildman–Crippen MR) is 129 cm³/mol. The Balaban J connectivity index is 1.98. The number of halogens is 2. The monoisotopic (exact) mass is 494 g/mol. The van der Waals surface area contributed by atoms with E-state index in [1.54, 1.807) is 48.2 Å². The average Bonchev–Trinajstić information content (AvgIpc) is 2.76. The van der Waals surface area contributed by atoms with Gasteiger partial charge in [0.1, 0.15) is 6.54 Å². The molecular formula is C22H20Cl2N2O3S2. The van der Waals surface area contributed by atoms with E-state index in [1.807, 2.05) is 25.1 Å². The van der Waals surface area contributed by atoms with Gasteiger partial charge in [0.05, 0.1) is 26.3 Å². The van der Waals surface area contributed by atoms with Gasteiger partial charge in [0.15, 0.2) is 0 Å². The Kier molecular flexibility index (Phi) is 7.89. The van der Waals surface area contributed by atoms with Crippen LogP contribution in [-0.2, 0) is 14.8 Å². The molecule has 0 aliphatic carbocycles. The molecule has 31 heavy (non-hydrogen) atoms. The molecule has 0 bridgehead atoms. The number of hydrogen-bond acceptors (Lipinski definition) is 4. The van der Waals surface area contributed by atoms with Crippen LogP contribution in [0, 0.1) is 0 Å². The van der Waals surface area contributed by atoms with E-state index in [9.17, 15) is 13.2 Å². The van der Waals surface area contributed by atoms with Crippen LogP contribution in [-0.4, -0.2) is 26.6 Å². The van der Waals surface area contributed by atoms with Gasteiger partial charge in [0.25, 0.3) is 10.0 Å². The van der Waals surface area contributed by atoms with Crippen LogP contribution >= 0.6 is 35.0 Å². The van der Waals surface area contributed by atoms with Crippen molar-refractivity contribution in [3.63, 3.8) is 0 Å². The topological polar surface area (TPSA) is 66.5 Å². The van der Waals surface area contributed by atoms with Crippen molar-refractivity contribution in [2.24, 2.45) is 0 Å². The molecule has 1 amide bonds. The molecular weight excluding hydrogens is 475 g/mol. The molecule has 0 heterocycles. The summed E-state index contributed by atoms with van der Waals surface area (Å²) in [6.07, 6.45) is 0. The fourth-order valence-electron chi connectivity index (χ4n) is 2.88. The molecule has 0 radical (unpaired) electrons. The van der Waals surface area contributed by atoms with Crippen molar-refractivity contribution in [3.05, 3.63) is 82.8 Å². The van der Waals surface area contributed by atoms with Crippen LogP contribution in [0.3, 0.4) is 0 Å². The van der Waals surface area contributed by atoms with Crippen LogP contribution in [0.4, 0.5) is 11.4 Å². The quantitative estimate of drug-likeness (QED) is 0.393. The van der Waals surface area contributed by atoms with Gasteiger partial charge in [-0.15, -0.1) is 11.8 Å². The van der Waals surface area contributed by atoms with Crippen molar-refractivity contribution < 1.29 is 13.2 Å². The minimum Gasteiger partial charge on any atom is -0.323 e. The predicted octanol–water partition coefficient (Wildman–Crippen LogP) is 5.94. The number of sulfonamides is 1. The number of nitrogens with one attached hydrogen (secondary N) is 1. The van der Waals surface area contributed by atoms with E-state index in [1.165, 1.54) is 18.2 Å². The Hall–Kier alpha value is -2.19. The lowest BCUT2D eigenvalue weighted by atomic mass is 10.3. The minimum atomic E-state index is -4.08. The zero-order valence-electron chi connectivity index (χ0n) is 16.6. The van der Waals surface area contributed by atoms with E-state index in [-0.39, 0.29) is 20.6 Å². The normalized spacial score (nSPS) is 11.2. The summed E-state index contributed by atoms with van der Waals surface area (Å²) >= 11 is 14.0. The van der Waals surface area contributed by atoms with E-state index < -0.39 is 22.5 Å². The Morgan fingerprint density at radius 3 is 2.35 bits per heavy atom. The maximum Gasteiger partial charge on any atom is 0.264 e. The summed E-state index contributed by atoms with van der Waals surface area (Å²) in [5.41, 5.74) is 0.748. The second-order valence-electron chi connectivity index (χ2n) is 6.38. The maximum absolute atomic E-state index is 13.4. The van der Waals surface area contributed by atoms with Crippen molar-refractivity contribution in [2.45, 2.75) is 16.7 Å². The van der Waals surface area contributed by atoms with Crippen molar-refractivity contribution in [3.8, 4) is 0 Å². The Morgan fingerprint density at radius 2 is 1.65 bits per heavy atom. The number of carbonyl (C=O) groups is 1. The molecule has 0 saturated heterocycles. The fraction of sp³-hybridized carbons (Fsp3) is 0.136. The first-order chi connectivity index (χ1) is 14.8. The van der Waals surface area contributed by atoms with Crippen LogP contribution in [0.25, 0.3) is 0 Å². The fourth-order valence-corrected chi connectivity index (χ4v) is 5.54. The molecule has 0 aliphatic heterocycles. The first-order valence-corrected chi connectivity index (χ1v) is 12.6. The van der Waals surface area contributed by atoms with Crippen LogP contribution in [0.1, 0.15) is 6.92 Å². The molecule has 3 aromatic carbocycles. The summed E-state index contributed by atoms with van der Waals surface area (Å²) in [4.78, 5) is 13.9. The van der Waals surface area contributed by atoms with Gasteiger partial charge < -0.3 is 5.32 Å². The Morgan fingerprint density at radius 1 is 0.968 bits per heavy atom. The zero-order chi connectivity index (χ0) is 22.4. The third-order valence-corrected chi connectivity index (χ3v) is 7.82. The Labute approximate surface area is 196 Å². The first kappa shape index (κ1) is 23.5. The number of carbonyl (C=O) groups excluding carboxylic acids is 1. The van der Waals surface area contributed by atoms with Gasteiger partial charge in [-0.2, -0.15) is 0 Å². The SMILES string of the molecule is CCSc1ccccc1NC(=O)CN(c1cccc(Cl)c1Cl)S(=O)(=O)c1ccccc1. The molecule has 0 atom stereocenters. The second-order valence-corrected chi connectivity index (χ2v) is 10.3. The molecule has 3 rings (SSSR count). The highest BCUT2D eigenvalue weighted by Crippen LogP contribution is 2.35. The lowest BCUT2D eigenvalue weighted by molar-refractivity contribution is -0.114. The van der Waals surface area contributed by atoms with E-state index in [4.69, 9.17) is 23.2 Å². The number of hydrogen-bond donors (Lipinski definition) is 1. The summed E-state index contributed by atoms with van der Waals surface area (Å²) in [6.45, 7) is 1.54. The second kappa shape index (κ2) is 10.4. The van der Waals surface area contributed by atoms with Crippen molar-refractivity contribution in [2.75, 3.05) is 21.9 Å². The molecule has 162 valence electrons. The number of thioether (sulfide) groups is 1. The highest BCUT2D eigenvalue weighted by molar-refractivity contribution is 7.99. The smallest absolute Gasteiger partial charge is 0.264 e. The van der Waals surface area contributed by atoms with Crippen molar-refractivity contribution >= 4 is 62.3 Å². The van der Waals surface area contributed by atoms with Gasteiger partial charge in [0, 0.05) is 4.90 Å². The van der Waals surface area contributed by atoms with Gasteiger partial charge in [-0.05, 0) is 42.2 Å². The molecule has 0 aliphatic rings. The summed E-state index contributed by atoms with van der Waals surface area (Å²) in [6, 6.07) is 19.9. The molecule has 0 aromatic heterocycles. The summed E-state index contributed by atoms with van der Waals surface area (Å²) in [5, 5.41) is 3.06. The minimum absolute atomic E-state index is 0.0424. The van der Waals surface area contributed by atoms with Gasteiger partial charge in [-0.3, -0.25) is 9.10 Å². The van der Waals surface area contributed by atoms with Gasteiger partial charge >= 0.3 is 0 Å². The summed E-state index contributed by atoms with van der Waals surface area (Å²) in [5.74, 6) is 0.333. The number of para-hydroxylation sites is 1. The lowest BCUT2D eigenvalue weighted by Gasteiger charge is -2.25. The molecule has 0 saturated carbocycles. The molecule has 0 fully saturated rings. The molecule has 0 unspecified atom stereocenters. The van der Waals surface area contributed by atoms with Crippen LogP contribution in [0.5, 0.6) is 0 Å². The number of benzene rings is 3. The maximum atomic E-state index is 13.4. The first-order valence-electron chi connectivity index (χ1n) is 9.38. The molecule has 9 heteroatoms. The standard InChI is InChI=1S/C22H20Cl2N2O3S2/c1-2-30-20-14-7-6-12-18(20)25-21(27)15-26(19-13-8-11-17(23)22(19)24)31(28,29)16-9-4-3-5-10-16/h3-14H,2,15H2,1H3,(H,25,27). The highest BCUT2D eigenvalue weighted by Gasteiger charge is 2.29. The number of nitrogens with zero attached hydrogens (tertiary/aromatic N) is 1. The average molecular weight is 495 g/mol. The van der Waals surface area contributed by atoms with E-state index >= 15 is 0 Å². The van der Waals surface area contributed by atoms with Crippen molar-refractivity contribution in [1.29, 1.82) is 0 Å². The molecule has 3 aromatic rings. The molecule has 5 nitrogen and oxygen atoms in total. The third-order valence-electron chi connectivity index (χ3n) is 4.28. The lowest BCUT2D eigenvalue weighted by Crippen LogP contribution is -2.38. The van der Waals surface area contributed by atoms with Gasteiger partial charge in [-0.1, -0.05) is 66.5 Å². The third kappa shape index (κ3) is 5.54. The number of rotatable bonds is 8. The zero-order valence-corrected chi connectivity index (χ0v) is 19.7. The largest absolute Gasteiger partial charge is 0.323 e. The van der Waals surface area contributed by atoms with Crippen LogP contribution < -0.4 is 9.62 Å².